The van der Waals surface area contributed by atoms with E-state index in [2.05, 4.69) is 20.4 Å². The fourth-order valence-corrected chi connectivity index (χ4v) is 1.19. The predicted molar refractivity (Wildman–Crippen MR) is 50.2 cm³/mol. The first kappa shape index (κ1) is 9.38. The minimum Gasteiger partial charge on any atom is -0.493 e. The average Bonchev–Trinajstić information content (AvgIpc) is 2.66. The van der Waals surface area contributed by atoms with Crippen LogP contribution < -0.4 is 5.32 Å². The van der Waals surface area contributed by atoms with E-state index in [1.165, 1.54) is 24.0 Å². The molecule has 7 heteroatoms. The first-order chi connectivity index (χ1) is 7.20. The Labute approximate surface area is 84.8 Å². The number of aromatic hydroxyl groups is 1. The van der Waals surface area contributed by atoms with E-state index in [0.717, 1.165) is 0 Å². The van der Waals surface area contributed by atoms with Crippen molar-refractivity contribution in [3.8, 4) is 5.88 Å². The molecule has 0 aromatic carbocycles. The molecular formula is C8H9N5O2. The fourth-order valence-electron chi connectivity index (χ4n) is 1.19. The van der Waals surface area contributed by atoms with Crippen LogP contribution in [0.1, 0.15) is 5.69 Å². The molecule has 0 saturated heterocycles. The van der Waals surface area contributed by atoms with Gasteiger partial charge in [-0.2, -0.15) is 14.6 Å². The molecule has 2 rings (SSSR count). The molecular weight excluding hydrogens is 198 g/mol. The van der Waals surface area contributed by atoms with E-state index >= 15 is 0 Å². The van der Waals surface area contributed by atoms with Crippen molar-refractivity contribution in [1.29, 1.82) is 0 Å². The zero-order chi connectivity index (χ0) is 10.8. The van der Waals surface area contributed by atoms with Gasteiger partial charge in [-0.3, -0.25) is 4.79 Å². The smallest absolute Gasteiger partial charge is 0.255 e. The maximum Gasteiger partial charge on any atom is 0.255 e. The summed E-state index contributed by atoms with van der Waals surface area (Å²) in [4.78, 5) is 19.0. The monoisotopic (exact) mass is 207 g/mol. The van der Waals surface area contributed by atoms with Crippen molar-refractivity contribution in [2.75, 3.05) is 7.05 Å². The van der Waals surface area contributed by atoms with Gasteiger partial charge in [-0.25, -0.2) is 4.98 Å². The number of amides is 1. The summed E-state index contributed by atoms with van der Waals surface area (Å²) in [6, 6.07) is 1.39. The van der Waals surface area contributed by atoms with Crippen molar-refractivity contribution >= 4 is 11.7 Å². The number of aromatic nitrogens is 4. The second-order valence-corrected chi connectivity index (χ2v) is 2.93. The van der Waals surface area contributed by atoms with Gasteiger partial charge in [0.05, 0.1) is 12.1 Å². The van der Waals surface area contributed by atoms with Crippen molar-refractivity contribution in [2.24, 2.45) is 0 Å². The molecule has 0 saturated carbocycles. The van der Waals surface area contributed by atoms with Crippen LogP contribution >= 0.6 is 0 Å². The summed E-state index contributed by atoms with van der Waals surface area (Å²) in [5.74, 6) is 0.0103. The first-order valence-corrected chi connectivity index (χ1v) is 4.30. The summed E-state index contributed by atoms with van der Waals surface area (Å²) < 4.78 is 1.19. The lowest BCUT2D eigenvalue weighted by Crippen LogP contribution is -2.20. The van der Waals surface area contributed by atoms with Crippen LogP contribution in [0.4, 0.5) is 0 Å². The standard InChI is InChI=1S/C8H9N5O2/c1-9-6(14)2-5-3-7(15)13-8(12-5)10-4-11-13/h3-4,15H,2H2,1H3,(H,9,14). The van der Waals surface area contributed by atoms with Gasteiger partial charge >= 0.3 is 0 Å². The molecule has 7 nitrogen and oxygen atoms in total. The molecule has 2 N–H and O–H groups in total. The third-order valence-electron chi connectivity index (χ3n) is 1.91. The molecule has 0 unspecified atom stereocenters. The van der Waals surface area contributed by atoms with E-state index in [1.54, 1.807) is 0 Å². The van der Waals surface area contributed by atoms with Crippen molar-refractivity contribution in [2.45, 2.75) is 6.42 Å². The van der Waals surface area contributed by atoms with Crippen LogP contribution in [0.3, 0.4) is 0 Å². The second kappa shape index (κ2) is 3.52. The van der Waals surface area contributed by atoms with Crippen LogP contribution in [0, 0.1) is 0 Å². The summed E-state index contributed by atoms with van der Waals surface area (Å²) in [6.07, 6.45) is 1.39. The second-order valence-electron chi connectivity index (χ2n) is 2.93. The van der Waals surface area contributed by atoms with Crippen LogP contribution in [-0.4, -0.2) is 37.6 Å². The van der Waals surface area contributed by atoms with Crippen molar-refractivity contribution in [3.63, 3.8) is 0 Å². The lowest BCUT2D eigenvalue weighted by atomic mass is 10.3. The molecule has 15 heavy (non-hydrogen) atoms. The topological polar surface area (TPSA) is 92.4 Å². The Morgan fingerprint density at radius 1 is 1.67 bits per heavy atom. The number of fused-ring (bicyclic) bond motifs is 1. The van der Waals surface area contributed by atoms with Crippen LogP contribution in [-0.2, 0) is 11.2 Å². The van der Waals surface area contributed by atoms with Gasteiger partial charge in [0.2, 0.25) is 11.8 Å². The molecule has 0 spiro atoms. The van der Waals surface area contributed by atoms with Crippen LogP contribution in [0.2, 0.25) is 0 Å². The molecule has 2 heterocycles. The maximum atomic E-state index is 11.1. The molecule has 2 aromatic heterocycles. The highest BCUT2D eigenvalue weighted by Crippen LogP contribution is 2.11. The molecule has 0 radical (unpaired) electrons. The van der Waals surface area contributed by atoms with E-state index in [0.29, 0.717) is 5.69 Å². The van der Waals surface area contributed by atoms with Crippen LogP contribution in [0.5, 0.6) is 5.88 Å². The number of rotatable bonds is 2. The third kappa shape index (κ3) is 1.71. The fraction of sp³-hybridized carbons (Fsp3) is 0.250. The highest BCUT2D eigenvalue weighted by atomic mass is 16.3. The number of hydrogen-bond acceptors (Lipinski definition) is 5. The van der Waals surface area contributed by atoms with Crippen molar-refractivity contribution in [1.82, 2.24) is 24.9 Å². The third-order valence-corrected chi connectivity index (χ3v) is 1.91. The molecule has 2 aromatic rings. The summed E-state index contributed by atoms with van der Waals surface area (Å²) in [6.45, 7) is 0. The molecule has 1 amide bonds. The molecule has 0 aliphatic heterocycles. The zero-order valence-corrected chi connectivity index (χ0v) is 8.01. The molecule has 0 atom stereocenters. The lowest BCUT2D eigenvalue weighted by molar-refractivity contribution is -0.120. The number of carbonyl (C=O) groups is 1. The summed E-state index contributed by atoms with van der Waals surface area (Å²) in [5.41, 5.74) is 0.451. The zero-order valence-electron chi connectivity index (χ0n) is 8.01. The Morgan fingerprint density at radius 3 is 3.20 bits per heavy atom. The number of carbonyl (C=O) groups excluding carboxylic acids is 1. The predicted octanol–water partition coefficient (Wildman–Crippen LogP) is -0.882. The van der Waals surface area contributed by atoms with Gasteiger partial charge in [0.1, 0.15) is 6.33 Å². The number of nitrogens with one attached hydrogen (secondary N) is 1. The SMILES string of the molecule is CNC(=O)Cc1cc(O)n2ncnc2n1. The van der Waals surface area contributed by atoms with E-state index in [4.69, 9.17) is 0 Å². The Morgan fingerprint density at radius 2 is 2.47 bits per heavy atom. The highest BCUT2D eigenvalue weighted by molar-refractivity contribution is 5.77. The summed E-state index contributed by atoms with van der Waals surface area (Å²) in [7, 11) is 1.54. The minimum atomic E-state index is -0.175. The summed E-state index contributed by atoms with van der Waals surface area (Å²) in [5, 5.41) is 15.7. The van der Waals surface area contributed by atoms with Crippen LogP contribution in [0.25, 0.3) is 5.78 Å². The number of likely N-dealkylation sites (N-methyl/N-ethyl adjacent to an activating group) is 1. The van der Waals surface area contributed by atoms with Gasteiger partial charge in [0.15, 0.2) is 0 Å². The first-order valence-electron chi connectivity index (χ1n) is 4.30. The van der Waals surface area contributed by atoms with Crippen LogP contribution in [0.15, 0.2) is 12.4 Å². The molecule has 0 aliphatic rings. The Hall–Kier alpha value is -2.18. The Bertz CT molecular complexity index is 507. The molecule has 0 fully saturated rings. The summed E-state index contributed by atoms with van der Waals surface area (Å²) >= 11 is 0. The molecule has 0 bridgehead atoms. The van der Waals surface area contributed by atoms with Crippen molar-refractivity contribution in [3.05, 3.63) is 18.1 Å². The minimum absolute atomic E-state index is 0.0867. The van der Waals surface area contributed by atoms with Crippen molar-refractivity contribution < 1.29 is 9.90 Å². The largest absolute Gasteiger partial charge is 0.493 e. The number of nitrogens with zero attached hydrogens (tertiary/aromatic N) is 4. The van der Waals surface area contributed by atoms with Gasteiger partial charge < -0.3 is 10.4 Å². The normalized spacial score (nSPS) is 10.5. The van der Waals surface area contributed by atoms with Gasteiger partial charge in [0, 0.05) is 13.1 Å². The molecule has 78 valence electrons. The number of hydrogen-bond donors (Lipinski definition) is 2. The highest BCUT2D eigenvalue weighted by Gasteiger charge is 2.08. The Balaban J connectivity index is 2.40. The van der Waals surface area contributed by atoms with E-state index < -0.39 is 0 Å². The van der Waals surface area contributed by atoms with Gasteiger partial charge in [-0.15, -0.1) is 0 Å². The van der Waals surface area contributed by atoms with E-state index in [-0.39, 0.29) is 24.0 Å². The van der Waals surface area contributed by atoms with Gasteiger partial charge in [0.25, 0.3) is 5.78 Å². The van der Waals surface area contributed by atoms with Gasteiger partial charge in [-0.05, 0) is 0 Å². The lowest BCUT2D eigenvalue weighted by Gasteiger charge is -2.01. The molecule has 0 aliphatic carbocycles. The Kier molecular flexibility index (Phi) is 2.20. The average molecular weight is 207 g/mol. The van der Waals surface area contributed by atoms with E-state index in [9.17, 15) is 9.90 Å². The maximum absolute atomic E-state index is 11.1. The van der Waals surface area contributed by atoms with E-state index in [1.807, 2.05) is 0 Å². The quantitative estimate of drug-likeness (QED) is 0.667. The van der Waals surface area contributed by atoms with Gasteiger partial charge in [-0.1, -0.05) is 0 Å².